The van der Waals surface area contributed by atoms with Gasteiger partial charge in [0.15, 0.2) is 0 Å². The molecule has 0 radical (unpaired) electrons. The van der Waals surface area contributed by atoms with Crippen molar-refractivity contribution < 1.29 is 4.92 Å². The van der Waals surface area contributed by atoms with Crippen LogP contribution in [0, 0.1) is 10.1 Å². The number of aromatic nitrogens is 1. The van der Waals surface area contributed by atoms with E-state index >= 15 is 0 Å². The van der Waals surface area contributed by atoms with Gasteiger partial charge in [0.25, 0.3) is 5.69 Å². The Morgan fingerprint density at radius 2 is 2.14 bits per heavy atom. The number of rotatable bonds is 5. The Hall–Kier alpha value is -2.48. The lowest BCUT2D eigenvalue weighted by molar-refractivity contribution is -0.385. The zero-order valence-electron chi connectivity index (χ0n) is 12.0. The number of nitrogens with zero attached hydrogens (tertiary/aromatic N) is 4. The lowest BCUT2D eigenvalue weighted by Gasteiger charge is -2.14. The highest BCUT2D eigenvalue weighted by Gasteiger charge is 2.04. The van der Waals surface area contributed by atoms with Crippen LogP contribution >= 0.6 is 15.9 Å². The maximum absolute atomic E-state index is 10.5. The Bertz CT molecular complexity index is 701. The average molecular weight is 364 g/mol. The van der Waals surface area contributed by atoms with E-state index in [2.05, 4.69) is 31.4 Å². The van der Waals surface area contributed by atoms with Crippen molar-refractivity contribution >= 4 is 39.3 Å². The summed E-state index contributed by atoms with van der Waals surface area (Å²) in [6, 6.07) is 8.74. The topological polar surface area (TPSA) is 83.7 Å². The molecule has 0 amide bonds. The third-order valence-electron chi connectivity index (χ3n) is 2.80. The van der Waals surface area contributed by atoms with E-state index in [9.17, 15) is 10.1 Å². The maximum atomic E-state index is 10.5. The van der Waals surface area contributed by atoms with E-state index in [0.29, 0.717) is 5.82 Å². The first-order valence-corrected chi connectivity index (χ1v) is 7.13. The lowest BCUT2D eigenvalue weighted by Crippen LogP contribution is -2.09. The van der Waals surface area contributed by atoms with E-state index in [0.717, 1.165) is 15.7 Å². The zero-order valence-corrected chi connectivity index (χ0v) is 13.6. The molecule has 1 aromatic carbocycles. The summed E-state index contributed by atoms with van der Waals surface area (Å²) < 4.78 is 0.968. The van der Waals surface area contributed by atoms with Crippen molar-refractivity contribution in [2.24, 2.45) is 5.10 Å². The van der Waals surface area contributed by atoms with Crippen LogP contribution < -0.4 is 10.3 Å². The third-order valence-corrected chi connectivity index (χ3v) is 3.44. The van der Waals surface area contributed by atoms with Crippen molar-refractivity contribution in [1.29, 1.82) is 0 Å². The van der Waals surface area contributed by atoms with Gasteiger partial charge in [0.05, 0.1) is 16.8 Å². The minimum absolute atomic E-state index is 0.0577. The van der Waals surface area contributed by atoms with Crippen molar-refractivity contribution in [2.45, 2.75) is 0 Å². The molecular weight excluding hydrogens is 350 g/mol. The van der Waals surface area contributed by atoms with Crippen molar-refractivity contribution in [3.8, 4) is 0 Å². The maximum Gasteiger partial charge on any atom is 0.287 e. The first kappa shape index (κ1) is 15.9. The van der Waals surface area contributed by atoms with Gasteiger partial charge in [-0.1, -0.05) is 6.07 Å². The summed E-state index contributed by atoms with van der Waals surface area (Å²) in [4.78, 5) is 15.9. The highest BCUT2D eigenvalue weighted by molar-refractivity contribution is 9.10. The molecule has 2 aromatic rings. The molecule has 114 valence electrons. The molecule has 1 aromatic heterocycles. The monoisotopic (exact) mass is 363 g/mol. The van der Waals surface area contributed by atoms with Crippen molar-refractivity contribution in [3.63, 3.8) is 0 Å². The predicted octanol–water partition coefficient (Wildman–Crippen LogP) is 3.26. The number of anilines is 2. The number of nitrogens with one attached hydrogen (secondary N) is 1. The van der Waals surface area contributed by atoms with Gasteiger partial charge < -0.3 is 4.90 Å². The number of nitro groups is 1. The van der Waals surface area contributed by atoms with Crippen molar-refractivity contribution in [3.05, 3.63) is 56.7 Å². The fourth-order valence-electron chi connectivity index (χ4n) is 1.70. The van der Waals surface area contributed by atoms with E-state index in [4.69, 9.17) is 0 Å². The van der Waals surface area contributed by atoms with Crippen LogP contribution in [0.1, 0.15) is 5.56 Å². The molecule has 0 aliphatic heterocycles. The van der Waals surface area contributed by atoms with Crippen LogP contribution in [0.15, 0.2) is 46.1 Å². The minimum atomic E-state index is -0.496. The summed E-state index contributed by atoms with van der Waals surface area (Å²) in [5, 5.41) is 14.6. The van der Waals surface area contributed by atoms with E-state index in [1.807, 2.05) is 37.2 Å². The van der Waals surface area contributed by atoms with Crippen molar-refractivity contribution in [2.75, 3.05) is 24.4 Å². The van der Waals surface area contributed by atoms with Crippen LogP contribution in [0.4, 0.5) is 17.2 Å². The van der Waals surface area contributed by atoms with Crippen LogP contribution in [-0.4, -0.2) is 30.2 Å². The van der Waals surface area contributed by atoms with Crippen LogP contribution in [0.25, 0.3) is 0 Å². The van der Waals surface area contributed by atoms with Crippen LogP contribution in [0.2, 0.25) is 0 Å². The van der Waals surface area contributed by atoms with E-state index in [1.165, 1.54) is 18.3 Å². The highest BCUT2D eigenvalue weighted by atomic mass is 79.9. The zero-order chi connectivity index (χ0) is 16.1. The summed E-state index contributed by atoms with van der Waals surface area (Å²) in [5.74, 6) is 0.436. The molecule has 1 heterocycles. The second-order valence-corrected chi connectivity index (χ2v) is 5.49. The van der Waals surface area contributed by atoms with E-state index < -0.39 is 4.92 Å². The Morgan fingerprint density at radius 3 is 2.68 bits per heavy atom. The summed E-state index contributed by atoms with van der Waals surface area (Å²) in [7, 11) is 3.94. The molecule has 0 aliphatic carbocycles. The normalized spacial score (nSPS) is 10.7. The average Bonchev–Trinajstić information content (AvgIpc) is 2.47. The van der Waals surface area contributed by atoms with Gasteiger partial charge >= 0.3 is 0 Å². The van der Waals surface area contributed by atoms with Gasteiger partial charge in [0, 0.05) is 24.6 Å². The number of pyridine rings is 1. The minimum Gasteiger partial charge on any atom is -0.377 e. The SMILES string of the molecule is CN(C)c1ccc(C=NNc2ccc([N+](=O)[O-])cn2)cc1Br. The van der Waals surface area contributed by atoms with E-state index in [-0.39, 0.29) is 5.69 Å². The molecule has 0 unspecified atom stereocenters. The summed E-state index contributed by atoms with van der Waals surface area (Å²) >= 11 is 3.51. The molecule has 7 nitrogen and oxygen atoms in total. The highest BCUT2D eigenvalue weighted by Crippen LogP contribution is 2.25. The number of benzene rings is 1. The largest absolute Gasteiger partial charge is 0.377 e. The van der Waals surface area contributed by atoms with Crippen LogP contribution in [0.3, 0.4) is 0 Å². The van der Waals surface area contributed by atoms with Gasteiger partial charge in [-0.2, -0.15) is 5.10 Å². The van der Waals surface area contributed by atoms with Crippen LogP contribution in [-0.2, 0) is 0 Å². The molecule has 0 saturated carbocycles. The predicted molar refractivity (Wildman–Crippen MR) is 90.6 cm³/mol. The smallest absolute Gasteiger partial charge is 0.287 e. The van der Waals surface area contributed by atoms with Crippen LogP contribution in [0.5, 0.6) is 0 Å². The number of hydrogen-bond donors (Lipinski definition) is 1. The molecule has 22 heavy (non-hydrogen) atoms. The van der Waals surface area contributed by atoms with Gasteiger partial charge in [0.2, 0.25) is 0 Å². The molecule has 8 heteroatoms. The molecule has 0 aliphatic rings. The Labute approximate surface area is 135 Å². The fourth-order valence-corrected chi connectivity index (χ4v) is 2.45. The number of hydrogen-bond acceptors (Lipinski definition) is 6. The lowest BCUT2D eigenvalue weighted by atomic mass is 10.2. The molecule has 0 fully saturated rings. The second kappa shape index (κ2) is 6.99. The van der Waals surface area contributed by atoms with Gasteiger partial charge in [-0.15, -0.1) is 0 Å². The Kier molecular flexibility index (Phi) is 5.05. The quantitative estimate of drug-likeness (QED) is 0.500. The fraction of sp³-hybridized carbons (Fsp3) is 0.143. The molecule has 0 bridgehead atoms. The van der Waals surface area contributed by atoms with Gasteiger partial charge in [-0.05, 0) is 39.7 Å². The third kappa shape index (κ3) is 4.01. The summed E-state index contributed by atoms with van der Waals surface area (Å²) in [6.07, 6.45) is 2.83. The number of hydrazone groups is 1. The number of halogens is 1. The molecule has 2 rings (SSSR count). The Morgan fingerprint density at radius 1 is 1.36 bits per heavy atom. The first-order chi connectivity index (χ1) is 10.5. The molecule has 0 saturated heterocycles. The van der Waals surface area contributed by atoms with Gasteiger partial charge in [-0.25, -0.2) is 4.98 Å². The first-order valence-electron chi connectivity index (χ1n) is 6.34. The summed E-state index contributed by atoms with van der Waals surface area (Å²) in [6.45, 7) is 0. The van der Waals surface area contributed by atoms with Crippen molar-refractivity contribution in [1.82, 2.24) is 4.98 Å². The molecule has 0 atom stereocenters. The molecular formula is C14H14BrN5O2. The molecule has 0 spiro atoms. The summed E-state index contributed by atoms with van der Waals surface area (Å²) in [5.41, 5.74) is 4.65. The standard InChI is InChI=1S/C14H14BrN5O2/c1-19(2)13-5-3-10(7-12(13)15)8-17-18-14-6-4-11(9-16-14)20(21)22/h3-9H,1-2H3,(H,16,18). The Balaban J connectivity index is 2.03. The van der Waals surface area contributed by atoms with E-state index in [1.54, 1.807) is 6.21 Å². The molecule has 1 N–H and O–H groups in total. The van der Waals surface area contributed by atoms with Gasteiger partial charge in [0.1, 0.15) is 12.0 Å². The van der Waals surface area contributed by atoms with Gasteiger partial charge in [-0.3, -0.25) is 15.5 Å². The second-order valence-electron chi connectivity index (χ2n) is 4.63.